The summed E-state index contributed by atoms with van der Waals surface area (Å²) in [5.74, 6) is 0.689. The number of hydrogen-bond donors (Lipinski definition) is 0. The summed E-state index contributed by atoms with van der Waals surface area (Å²) in [4.78, 5) is 28.1. The number of amides is 1. The van der Waals surface area contributed by atoms with Crippen LogP contribution in [-0.2, 0) is 22.5 Å². The second-order valence-electron chi connectivity index (χ2n) is 7.46. The molecule has 3 aromatic heterocycles. The number of hydrogen-bond acceptors (Lipinski definition) is 6. The average Bonchev–Trinajstić information content (AvgIpc) is 3.40. The first-order valence-corrected chi connectivity index (χ1v) is 10.1. The normalized spacial score (nSPS) is 16.4. The third-order valence-corrected chi connectivity index (χ3v) is 5.46. The van der Waals surface area contributed by atoms with Crippen molar-refractivity contribution < 1.29 is 9.53 Å². The van der Waals surface area contributed by atoms with Gasteiger partial charge in [-0.15, -0.1) is 0 Å². The van der Waals surface area contributed by atoms with Gasteiger partial charge >= 0.3 is 0 Å². The monoisotopic (exact) mass is 394 g/mol. The van der Waals surface area contributed by atoms with Gasteiger partial charge in [-0.25, -0.2) is 9.50 Å². The molecule has 8 nitrogen and oxygen atoms in total. The summed E-state index contributed by atoms with van der Waals surface area (Å²) >= 11 is 0. The molecule has 0 spiro atoms. The van der Waals surface area contributed by atoms with Gasteiger partial charge in [0.2, 0.25) is 5.91 Å². The van der Waals surface area contributed by atoms with Gasteiger partial charge in [0.25, 0.3) is 5.78 Å². The Bertz CT molecular complexity index is 982. The highest BCUT2D eigenvalue weighted by Crippen LogP contribution is 2.18. The van der Waals surface area contributed by atoms with Crippen molar-refractivity contribution in [2.24, 2.45) is 0 Å². The maximum atomic E-state index is 13.1. The van der Waals surface area contributed by atoms with Crippen molar-refractivity contribution in [2.45, 2.75) is 52.2 Å². The van der Waals surface area contributed by atoms with E-state index < -0.39 is 0 Å². The zero-order valence-electron chi connectivity index (χ0n) is 16.9. The van der Waals surface area contributed by atoms with Crippen LogP contribution in [0.2, 0.25) is 0 Å². The largest absolute Gasteiger partial charge is 0.376 e. The summed E-state index contributed by atoms with van der Waals surface area (Å²) in [5, 5.41) is 4.23. The summed E-state index contributed by atoms with van der Waals surface area (Å²) < 4.78 is 7.50. The molecule has 0 radical (unpaired) electrons. The Labute approximate surface area is 169 Å². The van der Waals surface area contributed by atoms with Crippen LogP contribution >= 0.6 is 0 Å². The highest BCUT2D eigenvalue weighted by atomic mass is 16.5. The van der Waals surface area contributed by atoms with E-state index in [2.05, 4.69) is 20.1 Å². The molecule has 1 amide bonds. The van der Waals surface area contributed by atoms with E-state index in [-0.39, 0.29) is 12.0 Å². The lowest BCUT2D eigenvalue weighted by molar-refractivity contribution is -0.133. The molecule has 152 valence electrons. The maximum Gasteiger partial charge on any atom is 0.252 e. The van der Waals surface area contributed by atoms with Gasteiger partial charge in [-0.05, 0) is 50.8 Å². The molecule has 0 N–H and O–H groups in total. The van der Waals surface area contributed by atoms with Gasteiger partial charge < -0.3 is 9.64 Å². The zero-order valence-corrected chi connectivity index (χ0v) is 16.9. The minimum Gasteiger partial charge on any atom is -0.376 e. The third kappa shape index (κ3) is 4.42. The van der Waals surface area contributed by atoms with Gasteiger partial charge in [-0.1, -0.05) is 6.07 Å². The lowest BCUT2D eigenvalue weighted by atomic mass is 10.1. The number of carbonyl (C=O) groups is 1. The number of rotatable bonds is 7. The molecule has 0 saturated carbocycles. The number of ether oxygens (including phenoxy) is 1. The van der Waals surface area contributed by atoms with E-state index >= 15 is 0 Å². The molecule has 1 unspecified atom stereocenters. The number of pyridine rings is 1. The number of nitrogens with zero attached hydrogens (tertiary/aromatic N) is 6. The van der Waals surface area contributed by atoms with Gasteiger partial charge in [0, 0.05) is 37.2 Å². The molecule has 3 aromatic rings. The van der Waals surface area contributed by atoms with E-state index in [4.69, 9.17) is 4.74 Å². The molecule has 1 aliphatic rings. The van der Waals surface area contributed by atoms with Crippen LogP contribution in [0.15, 0.2) is 30.7 Å². The number of aryl methyl sites for hydroxylation is 2. The molecule has 0 aromatic carbocycles. The zero-order chi connectivity index (χ0) is 20.2. The standard InChI is InChI=1S/C21H26N6O2/c1-15-19(16(2)27-21(25-15)23-14-24-27)8-9-20(28)26(13-18-7-5-11-29-18)12-17-6-3-4-10-22-17/h3-4,6,10,14,18H,5,7-9,11-13H2,1-2H3. The second-order valence-corrected chi connectivity index (χ2v) is 7.46. The summed E-state index contributed by atoms with van der Waals surface area (Å²) in [6, 6.07) is 5.78. The Hall–Kier alpha value is -2.87. The van der Waals surface area contributed by atoms with Crippen molar-refractivity contribution >= 4 is 11.7 Å². The first-order valence-electron chi connectivity index (χ1n) is 10.1. The fourth-order valence-electron chi connectivity index (χ4n) is 3.88. The van der Waals surface area contributed by atoms with Gasteiger partial charge in [0.05, 0.1) is 18.3 Å². The lowest BCUT2D eigenvalue weighted by Crippen LogP contribution is -2.37. The van der Waals surface area contributed by atoms with Crippen LogP contribution in [0.1, 0.15) is 41.9 Å². The van der Waals surface area contributed by atoms with Crippen LogP contribution in [-0.4, -0.2) is 54.6 Å². The van der Waals surface area contributed by atoms with E-state index in [9.17, 15) is 4.79 Å². The summed E-state index contributed by atoms with van der Waals surface area (Å²) in [5.41, 5.74) is 3.81. The fraction of sp³-hybridized carbons (Fsp3) is 0.476. The minimum absolute atomic E-state index is 0.101. The molecule has 0 bridgehead atoms. The molecule has 29 heavy (non-hydrogen) atoms. The van der Waals surface area contributed by atoms with E-state index in [1.54, 1.807) is 10.7 Å². The Morgan fingerprint density at radius 3 is 2.97 bits per heavy atom. The predicted octanol–water partition coefficient (Wildman–Crippen LogP) is 2.28. The highest BCUT2D eigenvalue weighted by molar-refractivity contribution is 5.76. The first kappa shape index (κ1) is 19.4. The van der Waals surface area contributed by atoms with Crippen LogP contribution in [0.3, 0.4) is 0 Å². The maximum absolute atomic E-state index is 13.1. The van der Waals surface area contributed by atoms with E-state index in [1.807, 2.05) is 36.9 Å². The van der Waals surface area contributed by atoms with Gasteiger partial charge in [-0.3, -0.25) is 9.78 Å². The minimum atomic E-state index is 0.101. The molecule has 4 heterocycles. The molecule has 0 aliphatic carbocycles. The van der Waals surface area contributed by atoms with Crippen molar-refractivity contribution in [3.05, 3.63) is 53.4 Å². The van der Waals surface area contributed by atoms with Crippen LogP contribution in [0, 0.1) is 13.8 Å². The fourth-order valence-corrected chi connectivity index (χ4v) is 3.88. The van der Waals surface area contributed by atoms with E-state index in [1.165, 1.54) is 6.33 Å². The Kier molecular flexibility index (Phi) is 5.80. The second kappa shape index (κ2) is 8.65. The number of aromatic nitrogens is 5. The summed E-state index contributed by atoms with van der Waals surface area (Å²) in [6.07, 6.45) is 6.44. The third-order valence-electron chi connectivity index (χ3n) is 5.46. The van der Waals surface area contributed by atoms with E-state index in [0.29, 0.717) is 31.7 Å². The molecular weight excluding hydrogens is 368 g/mol. The van der Waals surface area contributed by atoms with Gasteiger partial charge in [0.1, 0.15) is 6.33 Å². The molecule has 1 aliphatic heterocycles. The Balaban J connectivity index is 1.48. The topological polar surface area (TPSA) is 85.5 Å². The van der Waals surface area contributed by atoms with Crippen LogP contribution in [0.25, 0.3) is 5.78 Å². The number of carbonyl (C=O) groups excluding carboxylic acids is 1. The smallest absolute Gasteiger partial charge is 0.252 e. The molecule has 1 saturated heterocycles. The highest BCUT2D eigenvalue weighted by Gasteiger charge is 2.23. The Morgan fingerprint density at radius 1 is 1.31 bits per heavy atom. The van der Waals surface area contributed by atoms with Crippen LogP contribution < -0.4 is 0 Å². The van der Waals surface area contributed by atoms with Crippen molar-refractivity contribution in [1.29, 1.82) is 0 Å². The van der Waals surface area contributed by atoms with Gasteiger partial charge in [-0.2, -0.15) is 10.1 Å². The average molecular weight is 394 g/mol. The summed E-state index contributed by atoms with van der Waals surface area (Å²) in [7, 11) is 0. The SMILES string of the molecule is Cc1nc2ncnn2c(C)c1CCC(=O)N(Cc1ccccn1)CC1CCCO1. The number of fused-ring (bicyclic) bond motifs is 1. The van der Waals surface area contributed by atoms with Crippen molar-refractivity contribution in [2.75, 3.05) is 13.2 Å². The lowest BCUT2D eigenvalue weighted by Gasteiger charge is -2.25. The van der Waals surface area contributed by atoms with E-state index in [0.717, 1.165) is 42.1 Å². The van der Waals surface area contributed by atoms with Crippen molar-refractivity contribution in [3.8, 4) is 0 Å². The van der Waals surface area contributed by atoms with Crippen LogP contribution in [0.5, 0.6) is 0 Å². The molecule has 8 heteroatoms. The quantitative estimate of drug-likeness (QED) is 0.611. The van der Waals surface area contributed by atoms with Gasteiger partial charge in [0.15, 0.2) is 0 Å². The first-order chi connectivity index (χ1) is 14.1. The predicted molar refractivity (Wildman–Crippen MR) is 107 cm³/mol. The molecular formula is C21H26N6O2. The molecule has 1 fully saturated rings. The van der Waals surface area contributed by atoms with Crippen molar-refractivity contribution in [1.82, 2.24) is 29.5 Å². The summed E-state index contributed by atoms with van der Waals surface area (Å²) in [6.45, 7) is 5.83. The molecule has 1 atom stereocenters. The Morgan fingerprint density at radius 2 is 2.21 bits per heavy atom. The van der Waals surface area contributed by atoms with Crippen LogP contribution in [0.4, 0.5) is 0 Å². The molecule has 4 rings (SSSR count). The van der Waals surface area contributed by atoms with Crippen molar-refractivity contribution in [3.63, 3.8) is 0 Å².